The first kappa shape index (κ1) is 29.3. The van der Waals surface area contributed by atoms with E-state index in [1.54, 1.807) is 0 Å². The molecule has 0 aromatic heterocycles. The molecule has 6 atom stereocenters. The highest BCUT2D eigenvalue weighted by molar-refractivity contribution is 5.94. The number of aryl methyl sites for hydroxylation is 1. The molecule has 0 spiro atoms. The molecular weight excluding hydrogens is 554 g/mol. The van der Waals surface area contributed by atoms with Crippen molar-refractivity contribution < 1.29 is 19.2 Å². The van der Waals surface area contributed by atoms with Gasteiger partial charge in [0.1, 0.15) is 18.1 Å². The quantitative estimate of drug-likeness (QED) is 0.401. The fourth-order valence-electron chi connectivity index (χ4n) is 10.5. The van der Waals surface area contributed by atoms with E-state index in [0.717, 1.165) is 49.7 Å². The van der Waals surface area contributed by atoms with Gasteiger partial charge in [0, 0.05) is 23.9 Å². The molecule has 234 valence electrons. The number of hydrogen-bond donors (Lipinski definition) is 3. The highest BCUT2D eigenvalue weighted by atomic mass is 16.2. The number of nitrogens with one attached hydrogen (secondary N) is 3. The maximum Gasteiger partial charge on any atom is 0.246 e. The molecule has 7 fully saturated rings. The average Bonchev–Trinajstić information content (AvgIpc) is 3.72. The number of nitriles is 1. The van der Waals surface area contributed by atoms with E-state index in [1.165, 1.54) is 19.3 Å². The summed E-state index contributed by atoms with van der Waals surface area (Å²) >= 11 is 0. The monoisotopic (exact) mass is 599 g/mol. The molecule has 7 aliphatic rings. The van der Waals surface area contributed by atoms with Crippen LogP contribution in [0.15, 0.2) is 24.3 Å². The summed E-state index contributed by atoms with van der Waals surface area (Å²) in [6, 6.07) is 8.00. The van der Waals surface area contributed by atoms with E-state index in [-0.39, 0.29) is 59.8 Å². The Kier molecular flexibility index (Phi) is 7.66. The van der Waals surface area contributed by atoms with Crippen molar-refractivity contribution in [3.63, 3.8) is 0 Å². The topological polar surface area (TPSA) is 131 Å². The van der Waals surface area contributed by atoms with Crippen molar-refractivity contribution >= 4 is 23.6 Å². The van der Waals surface area contributed by atoms with Crippen LogP contribution < -0.4 is 16.0 Å². The predicted octanol–water partition coefficient (Wildman–Crippen LogP) is 3.15. The van der Waals surface area contributed by atoms with Gasteiger partial charge in [-0.05, 0) is 107 Å². The van der Waals surface area contributed by atoms with Crippen molar-refractivity contribution in [1.82, 2.24) is 20.9 Å². The van der Waals surface area contributed by atoms with Gasteiger partial charge in [-0.15, -0.1) is 0 Å². The molecule has 5 saturated carbocycles. The fourth-order valence-corrected chi connectivity index (χ4v) is 10.5. The maximum atomic E-state index is 14.9. The minimum atomic E-state index is -0.791. The van der Waals surface area contributed by atoms with Crippen LogP contribution in [0.4, 0.5) is 0 Å². The summed E-state index contributed by atoms with van der Waals surface area (Å²) in [5.41, 5.74) is 1.78. The number of carbonyl (C=O) groups excluding carboxylic acids is 4. The van der Waals surface area contributed by atoms with Gasteiger partial charge >= 0.3 is 0 Å². The van der Waals surface area contributed by atoms with Gasteiger partial charge in [-0.2, -0.15) is 5.26 Å². The van der Waals surface area contributed by atoms with Crippen molar-refractivity contribution in [2.75, 3.05) is 6.54 Å². The Morgan fingerprint density at radius 2 is 1.68 bits per heavy atom. The van der Waals surface area contributed by atoms with Gasteiger partial charge in [0.15, 0.2) is 0 Å². The van der Waals surface area contributed by atoms with E-state index < -0.39 is 18.1 Å². The number of carbonyl (C=O) groups is 4. The summed E-state index contributed by atoms with van der Waals surface area (Å²) in [5.74, 6) is 0.923. The number of piperidine rings is 1. The normalized spacial score (nSPS) is 36.0. The zero-order chi connectivity index (χ0) is 30.6. The first-order chi connectivity index (χ1) is 21.2. The van der Waals surface area contributed by atoms with Crippen molar-refractivity contribution in [1.29, 1.82) is 5.26 Å². The van der Waals surface area contributed by atoms with E-state index in [4.69, 9.17) is 0 Å². The molecule has 2 saturated heterocycles. The summed E-state index contributed by atoms with van der Waals surface area (Å²) in [6.45, 7) is 2.61. The van der Waals surface area contributed by atoms with Crippen molar-refractivity contribution in [2.24, 2.45) is 35.0 Å². The van der Waals surface area contributed by atoms with Gasteiger partial charge < -0.3 is 20.9 Å². The third-order valence-electron chi connectivity index (χ3n) is 12.0. The maximum absolute atomic E-state index is 14.9. The highest BCUT2D eigenvalue weighted by Gasteiger charge is 2.60. The Morgan fingerprint density at radius 3 is 2.30 bits per heavy atom. The number of fused-ring (bicyclic) bond motifs is 2. The van der Waals surface area contributed by atoms with Gasteiger partial charge in [0.05, 0.1) is 12.5 Å². The molecule has 9 heteroatoms. The van der Waals surface area contributed by atoms with Crippen molar-refractivity contribution in [3.8, 4) is 6.07 Å². The second-order valence-electron chi connectivity index (χ2n) is 15.1. The first-order valence-electron chi connectivity index (χ1n) is 16.9. The molecule has 8 rings (SSSR count). The minimum absolute atomic E-state index is 0.0326. The number of rotatable bonds is 9. The van der Waals surface area contributed by atoms with Gasteiger partial charge in [0.25, 0.3) is 0 Å². The van der Waals surface area contributed by atoms with Crippen LogP contribution in [-0.4, -0.2) is 59.2 Å². The molecule has 1 aromatic carbocycles. The van der Waals surface area contributed by atoms with Crippen molar-refractivity contribution in [2.45, 2.75) is 108 Å². The lowest BCUT2D eigenvalue weighted by Gasteiger charge is -2.59. The number of nitrogens with zero attached hydrogens (tertiary/aromatic N) is 2. The zero-order valence-corrected chi connectivity index (χ0v) is 25.7. The van der Waals surface area contributed by atoms with Crippen LogP contribution >= 0.6 is 0 Å². The van der Waals surface area contributed by atoms with Crippen LogP contribution in [0.3, 0.4) is 0 Å². The summed E-state index contributed by atoms with van der Waals surface area (Å²) in [6.07, 6.45) is 10.2. The standard InChI is InChI=1S/C35H45N5O4/c1-20-2-4-21(5-3-20)13-29(41)39-31(35-16-22-10-23(17-35)12-24(11-22)18-35)34(44)40-28-7-6-25(15-28)30(40)33(43)38-27(19-36)14-26-8-9-37-32(26)42/h2-5,22-28,30-31H,6-18H2,1H3,(H,37,42)(H,38,43)(H,39,41)/t22?,23?,24?,25-,26-,27-,28+,30-,31+,35?/m0/s1. The summed E-state index contributed by atoms with van der Waals surface area (Å²) in [5, 5.41) is 18.9. The van der Waals surface area contributed by atoms with Crippen LogP contribution in [0.25, 0.3) is 0 Å². The summed E-state index contributed by atoms with van der Waals surface area (Å²) in [7, 11) is 0. The molecule has 2 heterocycles. The van der Waals surface area contributed by atoms with E-state index >= 15 is 0 Å². The molecule has 44 heavy (non-hydrogen) atoms. The van der Waals surface area contributed by atoms with Gasteiger partial charge in [-0.25, -0.2) is 0 Å². The number of benzene rings is 1. The average molecular weight is 600 g/mol. The third kappa shape index (κ3) is 5.39. The molecule has 0 radical (unpaired) electrons. The Morgan fingerprint density at radius 1 is 1.00 bits per heavy atom. The van der Waals surface area contributed by atoms with Crippen LogP contribution in [0.5, 0.6) is 0 Å². The number of likely N-dealkylation sites (tertiary alicyclic amines) is 1. The van der Waals surface area contributed by atoms with E-state index in [1.807, 2.05) is 36.1 Å². The molecule has 3 N–H and O–H groups in total. The smallest absolute Gasteiger partial charge is 0.246 e. The molecule has 5 aliphatic carbocycles. The minimum Gasteiger partial charge on any atom is -0.356 e. The number of amides is 4. The SMILES string of the molecule is Cc1ccc(CC(=O)N[C@H](C(=O)N2[C@@H]3CC[C@@H](C3)[C@H]2C(=O)N[C@H](C#N)C[C@@H]2CCNC2=O)C23CC4CC(CC(C4)C2)C3)cc1. The summed E-state index contributed by atoms with van der Waals surface area (Å²) < 4.78 is 0. The largest absolute Gasteiger partial charge is 0.356 e. The van der Waals surface area contributed by atoms with E-state index in [0.29, 0.717) is 30.7 Å². The van der Waals surface area contributed by atoms with Gasteiger partial charge in [0.2, 0.25) is 23.6 Å². The lowest BCUT2D eigenvalue weighted by atomic mass is 9.47. The molecule has 2 aliphatic heterocycles. The molecule has 6 bridgehead atoms. The second kappa shape index (κ2) is 11.5. The molecule has 1 aromatic rings. The lowest BCUT2D eigenvalue weighted by molar-refractivity contribution is -0.155. The van der Waals surface area contributed by atoms with Crippen LogP contribution in [0, 0.1) is 53.3 Å². The summed E-state index contributed by atoms with van der Waals surface area (Å²) in [4.78, 5) is 56.4. The van der Waals surface area contributed by atoms with Crippen molar-refractivity contribution in [3.05, 3.63) is 35.4 Å². The van der Waals surface area contributed by atoms with Crippen LogP contribution in [0.1, 0.15) is 81.8 Å². The Bertz CT molecular complexity index is 1330. The second-order valence-corrected chi connectivity index (χ2v) is 15.1. The van der Waals surface area contributed by atoms with E-state index in [9.17, 15) is 24.4 Å². The lowest BCUT2D eigenvalue weighted by Crippen LogP contribution is -2.65. The Hall–Kier alpha value is -3.41. The van der Waals surface area contributed by atoms with Gasteiger partial charge in [-0.1, -0.05) is 29.8 Å². The van der Waals surface area contributed by atoms with Crippen LogP contribution in [-0.2, 0) is 25.6 Å². The van der Waals surface area contributed by atoms with Crippen LogP contribution in [0.2, 0.25) is 0 Å². The predicted molar refractivity (Wildman–Crippen MR) is 162 cm³/mol. The Balaban J connectivity index is 1.14. The van der Waals surface area contributed by atoms with Gasteiger partial charge in [-0.3, -0.25) is 19.2 Å². The molecular formula is C35H45N5O4. The molecule has 0 unspecified atom stereocenters. The highest BCUT2D eigenvalue weighted by Crippen LogP contribution is 2.62. The Labute approximate surface area is 259 Å². The number of hydrogen-bond acceptors (Lipinski definition) is 5. The molecule has 4 amide bonds. The molecule has 9 nitrogen and oxygen atoms in total. The third-order valence-corrected chi connectivity index (χ3v) is 12.0. The fraction of sp³-hybridized carbons (Fsp3) is 0.686. The zero-order valence-electron chi connectivity index (χ0n) is 25.7. The van der Waals surface area contributed by atoms with E-state index in [2.05, 4.69) is 22.0 Å². The first-order valence-corrected chi connectivity index (χ1v) is 16.9.